The first-order chi connectivity index (χ1) is 9.90. The van der Waals surface area contributed by atoms with Gasteiger partial charge in [0.1, 0.15) is 12.6 Å². The van der Waals surface area contributed by atoms with Gasteiger partial charge in [-0.3, -0.25) is 24.5 Å². The standard InChI is InChI=1S/C11H19N3O6S/c1-2-20-11(19)7(6-21)12-3-8(15)13-4-9(16)14-5-10(17)18/h7,12,21H,2-6H2,1H3,(H,13,15)(H,14,16)(H,17,18)/t7-/m0/s1. The molecule has 0 spiro atoms. The zero-order valence-electron chi connectivity index (χ0n) is 11.5. The maximum atomic E-state index is 11.4. The molecule has 9 nitrogen and oxygen atoms in total. The van der Waals surface area contributed by atoms with Crippen LogP contribution in [0.5, 0.6) is 0 Å². The van der Waals surface area contributed by atoms with Crippen molar-refractivity contribution >= 4 is 36.4 Å². The summed E-state index contributed by atoms with van der Waals surface area (Å²) in [6, 6.07) is -0.722. The van der Waals surface area contributed by atoms with Gasteiger partial charge >= 0.3 is 11.9 Å². The van der Waals surface area contributed by atoms with Gasteiger partial charge in [0.05, 0.1) is 19.7 Å². The highest BCUT2D eigenvalue weighted by molar-refractivity contribution is 7.80. The number of carboxylic acid groups (broad SMARTS) is 1. The molecule has 1 atom stereocenters. The molecule has 120 valence electrons. The predicted octanol–water partition coefficient (Wildman–Crippen LogP) is -2.25. The van der Waals surface area contributed by atoms with Crippen LogP contribution in [-0.4, -0.2) is 66.9 Å². The Balaban J connectivity index is 3.95. The highest BCUT2D eigenvalue weighted by atomic mass is 32.1. The summed E-state index contributed by atoms with van der Waals surface area (Å²) >= 11 is 3.97. The van der Waals surface area contributed by atoms with Gasteiger partial charge in [0.15, 0.2) is 0 Å². The molecular weight excluding hydrogens is 302 g/mol. The molecule has 21 heavy (non-hydrogen) atoms. The Labute approximate surface area is 127 Å². The van der Waals surface area contributed by atoms with Crippen LogP contribution in [-0.2, 0) is 23.9 Å². The van der Waals surface area contributed by atoms with E-state index >= 15 is 0 Å². The van der Waals surface area contributed by atoms with Gasteiger partial charge in [-0.15, -0.1) is 0 Å². The summed E-state index contributed by atoms with van der Waals surface area (Å²) in [5.41, 5.74) is 0. The highest BCUT2D eigenvalue weighted by Crippen LogP contribution is 1.92. The Bertz CT molecular complexity index is 390. The average Bonchev–Trinajstić information content (AvgIpc) is 2.43. The third-order valence-corrected chi connectivity index (χ3v) is 2.51. The number of hydrogen-bond acceptors (Lipinski definition) is 7. The van der Waals surface area contributed by atoms with Crippen LogP contribution in [0.2, 0.25) is 0 Å². The van der Waals surface area contributed by atoms with Gasteiger partial charge in [0.25, 0.3) is 0 Å². The Morgan fingerprint density at radius 1 is 1.10 bits per heavy atom. The fourth-order valence-corrected chi connectivity index (χ4v) is 1.44. The highest BCUT2D eigenvalue weighted by Gasteiger charge is 2.18. The van der Waals surface area contributed by atoms with Crippen molar-refractivity contribution in [1.82, 2.24) is 16.0 Å². The van der Waals surface area contributed by atoms with Gasteiger partial charge in [-0.25, -0.2) is 0 Å². The zero-order valence-corrected chi connectivity index (χ0v) is 12.4. The van der Waals surface area contributed by atoms with Gasteiger partial charge in [0, 0.05) is 5.75 Å². The van der Waals surface area contributed by atoms with Crippen molar-refractivity contribution in [2.45, 2.75) is 13.0 Å². The summed E-state index contributed by atoms with van der Waals surface area (Å²) in [4.78, 5) is 44.2. The molecule has 0 heterocycles. The number of carbonyl (C=O) groups excluding carboxylic acids is 3. The Hall–Kier alpha value is -1.81. The number of amides is 2. The number of carboxylic acids is 1. The van der Waals surface area contributed by atoms with Crippen molar-refractivity contribution in [3.63, 3.8) is 0 Å². The molecule has 0 fully saturated rings. The molecule has 0 aromatic heterocycles. The van der Waals surface area contributed by atoms with Crippen LogP contribution in [0.3, 0.4) is 0 Å². The van der Waals surface area contributed by atoms with Gasteiger partial charge in [-0.1, -0.05) is 0 Å². The van der Waals surface area contributed by atoms with Crippen LogP contribution < -0.4 is 16.0 Å². The molecule has 0 saturated carbocycles. The molecule has 0 bridgehead atoms. The summed E-state index contributed by atoms with van der Waals surface area (Å²) in [7, 11) is 0. The molecule has 0 unspecified atom stereocenters. The summed E-state index contributed by atoms with van der Waals surface area (Å²) in [5.74, 6) is -2.68. The Kier molecular flexibility index (Phi) is 9.98. The fraction of sp³-hybridized carbons (Fsp3) is 0.636. The summed E-state index contributed by atoms with van der Waals surface area (Å²) in [6.45, 7) is 0.823. The van der Waals surface area contributed by atoms with Crippen molar-refractivity contribution in [3.05, 3.63) is 0 Å². The molecule has 0 aromatic carbocycles. The second-order valence-electron chi connectivity index (χ2n) is 3.82. The normalized spacial score (nSPS) is 11.3. The first-order valence-electron chi connectivity index (χ1n) is 6.16. The molecule has 0 saturated heterocycles. The van der Waals surface area contributed by atoms with E-state index in [4.69, 9.17) is 9.84 Å². The zero-order chi connectivity index (χ0) is 16.3. The molecule has 0 radical (unpaired) electrons. The van der Waals surface area contributed by atoms with E-state index in [1.165, 1.54) is 0 Å². The first-order valence-corrected chi connectivity index (χ1v) is 6.80. The van der Waals surface area contributed by atoms with Crippen molar-refractivity contribution in [3.8, 4) is 0 Å². The number of carbonyl (C=O) groups is 4. The SMILES string of the molecule is CCOC(=O)[C@H](CS)NCC(=O)NCC(=O)NCC(=O)O. The van der Waals surface area contributed by atoms with Gasteiger partial charge in [-0.2, -0.15) is 12.6 Å². The van der Waals surface area contributed by atoms with E-state index in [1.807, 2.05) is 0 Å². The lowest BCUT2D eigenvalue weighted by Crippen LogP contribution is -2.46. The average molecular weight is 321 g/mol. The quantitative estimate of drug-likeness (QED) is 0.227. The van der Waals surface area contributed by atoms with Crippen LogP contribution in [0, 0.1) is 0 Å². The van der Waals surface area contributed by atoms with E-state index in [2.05, 4.69) is 28.6 Å². The number of aliphatic carboxylic acids is 1. The van der Waals surface area contributed by atoms with Gasteiger partial charge in [-0.05, 0) is 6.92 Å². The lowest BCUT2D eigenvalue weighted by molar-refractivity contribution is -0.145. The molecule has 0 aliphatic carbocycles. The van der Waals surface area contributed by atoms with E-state index in [0.29, 0.717) is 0 Å². The van der Waals surface area contributed by atoms with Crippen molar-refractivity contribution in [2.24, 2.45) is 0 Å². The van der Waals surface area contributed by atoms with E-state index < -0.39 is 36.3 Å². The van der Waals surface area contributed by atoms with Crippen LogP contribution >= 0.6 is 12.6 Å². The fourth-order valence-electron chi connectivity index (χ4n) is 1.16. The number of thiol groups is 1. The Morgan fingerprint density at radius 2 is 1.67 bits per heavy atom. The molecule has 0 rings (SSSR count). The van der Waals surface area contributed by atoms with E-state index in [9.17, 15) is 19.2 Å². The molecule has 4 N–H and O–H groups in total. The lowest BCUT2D eigenvalue weighted by Gasteiger charge is -2.14. The van der Waals surface area contributed by atoms with Crippen LogP contribution in [0.4, 0.5) is 0 Å². The van der Waals surface area contributed by atoms with E-state index in [1.54, 1.807) is 6.92 Å². The third kappa shape index (κ3) is 9.68. The Morgan fingerprint density at radius 3 is 2.19 bits per heavy atom. The van der Waals surface area contributed by atoms with Crippen LogP contribution in [0.1, 0.15) is 6.92 Å². The predicted molar refractivity (Wildman–Crippen MR) is 75.9 cm³/mol. The summed E-state index contributed by atoms with van der Waals surface area (Å²) in [6.07, 6.45) is 0. The maximum Gasteiger partial charge on any atom is 0.323 e. The minimum Gasteiger partial charge on any atom is -0.480 e. The maximum absolute atomic E-state index is 11.4. The minimum absolute atomic E-state index is 0.158. The van der Waals surface area contributed by atoms with Crippen LogP contribution in [0.15, 0.2) is 0 Å². The number of esters is 1. The third-order valence-electron chi connectivity index (χ3n) is 2.15. The summed E-state index contributed by atoms with van der Waals surface area (Å²) in [5, 5.41) is 15.3. The number of hydrogen-bond donors (Lipinski definition) is 5. The van der Waals surface area contributed by atoms with E-state index in [-0.39, 0.29) is 25.4 Å². The molecule has 0 aromatic rings. The first kappa shape index (κ1) is 19.2. The molecule has 2 amide bonds. The monoisotopic (exact) mass is 321 g/mol. The van der Waals surface area contributed by atoms with E-state index in [0.717, 1.165) is 0 Å². The number of nitrogens with one attached hydrogen (secondary N) is 3. The minimum atomic E-state index is -1.18. The topological polar surface area (TPSA) is 134 Å². The smallest absolute Gasteiger partial charge is 0.323 e. The van der Waals surface area contributed by atoms with Crippen molar-refractivity contribution < 1.29 is 29.0 Å². The van der Waals surface area contributed by atoms with Crippen molar-refractivity contribution in [2.75, 3.05) is 32.0 Å². The largest absolute Gasteiger partial charge is 0.480 e. The van der Waals surface area contributed by atoms with Gasteiger partial charge in [0.2, 0.25) is 11.8 Å². The molecule has 0 aliphatic rings. The second kappa shape index (κ2) is 10.9. The molecular formula is C11H19N3O6S. The lowest BCUT2D eigenvalue weighted by atomic mass is 10.3. The molecule has 0 aliphatic heterocycles. The second-order valence-corrected chi connectivity index (χ2v) is 4.18. The van der Waals surface area contributed by atoms with Crippen LogP contribution in [0.25, 0.3) is 0 Å². The number of ether oxygens (including phenoxy) is 1. The summed E-state index contributed by atoms with van der Waals surface area (Å²) < 4.78 is 4.78. The van der Waals surface area contributed by atoms with Crippen molar-refractivity contribution in [1.29, 1.82) is 0 Å². The molecule has 10 heteroatoms. The number of rotatable bonds is 10. The van der Waals surface area contributed by atoms with Gasteiger partial charge < -0.3 is 20.5 Å².